The van der Waals surface area contributed by atoms with Gasteiger partial charge in [0.2, 0.25) is 10.0 Å². The van der Waals surface area contributed by atoms with Crippen LogP contribution in [-0.2, 0) is 20.0 Å². The third kappa shape index (κ3) is 4.68. The van der Waals surface area contributed by atoms with Gasteiger partial charge >= 0.3 is 0 Å². The molecule has 0 fully saturated rings. The second-order valence-electron chi connectivity index (χ2n) is 5.36. The molecule has 0 aliphatic rings. The largest absolute Gasteiger partial charge is 0.383 e. The molecule has 2 aromatic carbocycles. The summed E-state index contributed by atoms with van der Waals surface area (Å²) >= 11 is 0. The van der Waals surface area contributed by atoms with Crippen molar-refractivity contribution in [3.63, 3.8) is 0 Å². The lowest BCUT2D eigenvalue weighted by Crippen LogP contribution is -2.18. The van der Waals surface area contributed by atoms with Gasteiger partial charge in [0.15, 0.2) is 0 Å². The zero-order valence-corrected chi connectivity index (χ0v) is 15.3. The van der Waals surface area contributed by atoms with Gasteiger partial charge in [-0.2, -0.15) is 0 Å². The molecule has 0 aliphatic carbocycles. The summed E-state index contributed by atoms with van der Waals surface area (Å²) in [5, 5.41) is 7.99. The summed E-state index contributed by atoms with van der Waals surface area (Å²) in [5.74, 6) is -2.20. The highest BCUT2D eigenvalue weighted by Gasteiger charge is 2.22. The van der Waals surface area contributed by atoms with Crippen LogP contribution in [0.2, 0.25) is 0 Å². The molecular formula is C15H17F2N3O4S2. The van der Waals surface area contributed by atoms with Crippen molar-refractivity contribution in [3.8, 4) is 0 Å². The number of anilines is 2. The average Bonchev–Trinajstić information content (AvgIpc) is 2.52. The lowest BCUT2D eigenvalue weighted by Gasteiger charge is -2.15. The Balaban J connectivity index is 2.51. The van der Waals surface area contributed by atoms with Crippen LogP contribution < -0.4 is 15.2 Å². The quantitative estimate of drug-likeness (QED) is 0.653. The molecule has 0 saturated heterocycles. The topological polar surface area (TPSA) is 118 Å². The average molecular weight is 405 g/mol. The molecule has 11 heteroatoms. The van der Waals surface area contributed by atoms with Gasteiger partial charge in [0.1, 0.15) is 16.5 Å². The number of hydrogen-bond acceptors (Lipinski definition) is 5. The minimum absolute atomic E-state index is 0.131. The number of primary sulfonamides is 1. The third-order valence-corrected chi connectivity index (χ3v) is 5.62. The summed E-state index contributed by atoms with van der Waals surface area (Å²) in [7, 11) is -8.52. The Morgan fingerprint density at radius 2 is 1.69 bits per heavy atom. The Kier molecular flexibility index (Phi) is 5.84. The van der Waals surface area contributed by atoms with Crippen molar-refractivity contribution in [2.75, 3.05) is 16.6 Å². The molecule has 0 bridgehead atoms. The highest BCUT2D eigenvalue weighted by Crippen LogP contribution is 2.28. The second-order valence-corrected chi connectivity index (χ2v) is 8.57. The van der Waals surface area contributed by atoms with Crippen LogP contribution in [0.25, 0.3) is 0 Å². The van der Waals surface area contributed by atoms with Crippen molar-refractivity contribution in [3.05, 3.63) is 48.0 Å². The van der Waals surface area contributed by atoms with Crippen molar-refractivity contribution < 1.29 is 25.6 Å². The standard InChI is InChI=1S/C15H17F2N3O4S2/c1-2-7-19-13-5-4-11(25(18,21)22)9-14(13)20-26(23,24)15-6-3-10(16)8-12(15)17/h3-6,8-9,19-20H,2,7H2,1H3,(H2,18,21,22). The lowest BCUT2D eigenvalue weighted by molar-refractivity contribution is 0.551. The maximum Gasteiger partial charge on any atom is 0.264 e. The van der Waals surface area contributed by atoms with E-state index >= 15 is 0 Å². The lowest BCUT2D eigenvalue weighted by atomic mass is 10.2. The van der Waals surface area contributed by atoms with Crippen molar-refractivity contribution in [2.45, 2.75) is 23.1 Å². The van der Waals surface area contributed by atoms with Crippen LogP contribution in [0.4, 0.5) is 20.2 Å². The SMILES string of the molecule is CCCNc1ccc(S(N)(=O)=O)cc1NS(=O)(=O)c1ccc(F)cc1F. The number of hydrogen-bond donors (Lipinski definition) is 3. The summed E-state index contributed by atoms with van der Waals surface area (Å²) in [4.78, 5) is -1.10. The predicted octanol–water partition coefficient (Wildman–Crippen LogP) is 2.23. The maximum absolute atomic E-state index is 13.8. The number of halogens is 2. The van der Waals surface area contributed by atoms with E-state index in [-0.39, 0.29) is 16.3 Å². The molecule has 0 atom stereocenters. The van der Waals surface area contributed by atoms with E-state index in [0.29, 0.717) is 12.6 Å². The first-order valence-electron chi connectivity index (χ1n) is 7.43. The van der Waals surface area contributed by atoms with E-state index in [9.17, 15) is 25.6 Å². The fourth-order valence-electron chi connectivity index (χ4n) is 2.09. The van der Waals surface area contributed by atoms with Crippen molar-refractivity contribution in [1.82, 2.24) is 0 Å². The van der Waals surface area contributed by atoms with Crippen LogP contribution in [-0.4, -0.2) is 23.4 Å². The predicted molar refractivity (Wildman–Crippen MR) is 93.8 cm³/mol. The van der Waals surface area contributed by atoms with Crippen molar-refractivity contribution in [1.29, 1.82) is 0 Å². The number of sulfonamides is 2. The molecule has 0 amide bonds. The molecule has 7 nitrogen and oxygen atoms in total. The molecule has 26 heavy (non-hydrogen) atoms. The fraction of sp³-hybridized carbons (Fsp3) is 0.200. The molecular weight excluding hydrogens is 388 g/mol. The zero-order valence-electron chi connectivity index (χ0n) is 13.7. The Bertz CT molecular complexity index is 1030. The molecule has 2 aromatic rings. The molecule has 0 spiro atoms. The molecule has 0 saturated carbocycles. The summed E-state index contributed by atoms with van der Waals surface area (Å²) in [5.41, 5.74) is 0.152. The van der Waals surface area contributed by atoms with Gasteiger partial charge < -0.3 is 5.32 Å². The summed E-state index contributed by atoms with van der Waals surface area (Å²) in [6.07, 6.45) is 0.718. The molecule has 142 valence electrons. The van der Waals surface area contributed by atoms with Gasteiger partial charge in [0.25, 0.3) is 10.0 Å². The van der Waals surface area contributed by atoms with Crippen LogP contribution in [0.15, 0.2) is 46.2 Å². The minimum atomic E-state index is -4.44. The summed E-state index contributed by atoms with van der Waals surface area (Å²) < 4.78 is 76.9. The Morgan fingerprint density at radius 3 is 2.27 bits per heavy atom. The fourth-order valence-corrected chi connectivity index (χ4v) is 3.76. The zero-order chi connectivity index (χ0) is 19.5. The van der Waals surface area contributed by atoms with Crippen molar-refractivity contribution >= 4 is 31.4 Å². The molecule has 0 aliphatic heterocycles. The number of rotatable bonds is 7. The maximum atomic E-state index is 13.8. The van der Waals surface area contributed by atoms with Crippen LogP contribution in [0.1, 0.15) is 13.3 Å². The van der Waals surface area contributed by atoms with Crippen LogP contribution >= 0.6 is 0 Å². The highest BCUT2D eigenvalue weighted by atomic mass is 32.2. The Hall–Kier alpha value is -2.24. The van der Waals surface area contributed by atoms with E-state index in [1.807, 2.05) is 6.92 Å². The summed E-state index contributed by atoms with van der Waals surface area (Å²) in [6, 6.07) is 5.58. The smallest absolute Gasteiger partial charge is 0.264 e. The molecule has 0 heterocycles. The van der Waals surface area contributed by atoms with E-state index in [0.717, 1.165) is 24.6 Å². The van der Waals surface area contributed by atoms with Gasteiger partial charge in [-0.3, -0.25) is 4.72 Å². The minimum Gasteiger partial charge on any atom is -0.383 e. The van der Waals surface area contributed by atoms with Crippen LogP contribution in [0.5, 0.6) is 0 Å². The third-order valence-electron chi connectivity index (χ3n) is 3.31. The van der Waals surface area contributed by atoms with Crippen LogP contribution in [0, 0.1) is 11.6 Å². The number of benzene rings is 2. The molecule has 0 unspecified atom stereocenters. The monoisotopic (exact) mass is 405 g/mol. The first kappa shape index (κ1) is 20.1. The van der Waals surface area contributed by atoms with E-state index in [1.54, 1.807) is 0 Å². The van der Waals surface area contributed by atoms with Crippen LogP contribution in [0.3, 0.4) is 0 Å². The number of nitrogens with two attached hydrogens (primary N) is 1. The molecule has 0 radical (unpaired) electrons. The van der Waals surface area contributed by atoms with E-state index in [2.05, 4.69) is 10.0 Å². The first-order chi connectivity index (χ1) is 12.0. The van der Waals surface area contributed by atoms with E-state index in [1.165, 1.54) is 12.1 Å². The van der Waals surface area contributed by atoms with Gasteiger partial charge in [-0.1, -0.05) is 6.92 Å². The van der Waals surface area contributed by atoms with Gasteiger partial charge in [-0.15, -0.1) is 0 Å². The second kappa shape index (κ2) is 7.56. The van der Waals surface area contributed by atoms with E-state index in [4.69, 9.17) is 5.14 Å². The normalized spacial score (nSPS) is 12.0. The van der Waals surface area contributed by atoms with Gasteiger partial charge in [0, 0.05) is 12.6 Å². The first-order valence-corrected chi connectivity index (χ1v) is 10.5. The highest BCUT2D eigenvalue weighted by molar-refractivity contribution is 7.92. The Morgan fingerprint density at radius 1 is 1.00 bits per heavy atom. The molecule has 2 rings (SSSR count). The molecule has 4 N–H and O–H groups in total. The van der Waals surface area contributed by atoms with Gasteiger partial charge in [-0.05, 0) is 36.8 Å². The summed E-state index contributed by atoms with van der Waals surface area (Å²) in [6.45, 7) is 2.36. The molecule has 0 aromatic heterocycles. The Labute approximate surface area is 150 Å². The van der Waals surface area contributed by atoms with Gasteiger partial charge in [-0.25, -0.2) is 30.8 Å². The van der Waals surface area contributed by atoms with E-state index < -0.39 is 36.6 Å². The van der Waals surface area contributed by atoms with Gasteiger partial charge in [0.05, 0.1) is 16.3 Å². The van der Waals surface area contributed by atoms with Crippen molar-refractivity contribution in [2.24, 2.45) is 5.14 Å². The number of nitrogens with one attached hydrogen (secondary N) is 2.